The topological polar surface area (TPSA) is 76.0 Å². The number of carbonyl (C=O) groups excluding carboxylic acids is 1. The van der Waals surface area contributed by atoms with Crippen molar-refractivity contribution in [1.82, 2.24) is 0 Å². The van der Waals surface area contributed by atoms with Crippen molar-refractivity contribution in [2.45, 2.75) is 12.6 Å². The van der Waals surface area contributed by atoms with E-state index in [0.29, 0.717) is 11.8 Å². The van der Waals surface area contributed by atoms with Gasteiger partial charge in [-0.3, -0.25) is 4.79 Å². The zero-order valence-electron chi connectivity index (χ0n) is 9.88. The van der Waals surface area contributed by atoms with Crippen molar-refractivity contribution in [1.29, 1.82) is 0 Å². The van der Waals surface area contributed by atoms with Crippen molar-refractivity contribution in [2.24, 2.45) is 5.18 Å². The molecule has 1 unspecified atom stereocenters. The number of hydrogen-bond acceptors (Lipinski definition) is 6. The number of carbonyl (C=O) groups is 1. The minimum Gasteiger partial charge on any atom is -0.496 e. The predicted octanol–water partition coefficient (Wildman–Crippen LogP) is 1.99. The maximum absolute atomic E-state index is 10.5. The van der Waals surface area contributed by atoms with Gasteiger partial charge >= 0.3 is 0 Å². The van der Waals surface area contributed by atoms with E-state index in [-0.39, 0.29) is 11.3 Å². The monoisotopic (exact) mass is 257 g/mol. The lowest BCUT2D eigenvalue weighted by atomic mass is 10.0. The highest BCUT2D eigenvalue weighted by atomic mass is 32.1. The molecule has 1 N–H and O–H groups in total. The quantitative estimate of drug-likeness (QED) is 0.491. The van der Waals surface area contributed by atoms with Gasteiger partial charge in [-0.25, -0.2) is 0 Å². The molecule has 0 radical (unpaired) electrons. The molecular formula is C11H15NO4S. The first-order valence-electron chi connectivity index (χ1n) is 4.70. The fourth-order valence-corrected chi connectivity index (χ4v) is 1.22. The van der Waals surface area contributed by atoms with Gasteiger partial charge in [-0.1, -0.05) is 6.07 Å². The number of benzene rings is 1. The van der Waals surface area contributed by atoms with Gasteiger partial charge in [0.15, 0.2) is 0 Å². The number of methoxy groups -OCH3 is 1. The third kappa shape index (κ3) is 3.83. The van der Waals surface area contributed by atoms with Crippen LogP contribution in [0, 0.1) is 4.91 Å². The van der Waals surface area contributed by atoms with Gasteiger partial charge in [0.1, 0.15) is 12.0 Å². The van der Waals surface area contributed by atoms with Gasteiger partial charge in [-0.2, -0.15) is 12.6 Å². The van der Waals surface area contributed by atoms with Gasteiger partial charge in [0.05, 0.1) is 12.7 Å². The normalized spacial score (nSPS) is 12.8. The molecule has 0 fully saturated rings. The van der Waals surface area contributed by atoms with E-state index in [1.54, 1.807) is 6.26 Å². The Kier molecular flexibility index (Phi) is 6.45. The number of nitroso groups, excluding NO2 is 1. The Balaban J connectivity index is 0.00000121. The van der Waals surface area contributed by atoms with Gasteiger partial charge in [-0.05, 0) is 30.5 Å². The van der Waals surface area contributed by atoms with Crippen LogP contribution in [0.15, 0.2) is 23.4 Å². The molecule has 1 aromatic rings. The van der Waals surface area contributed by atoms with Crippen molar-refractivity contribution in [3.63, 3.8) is 0 Å². The Morgan fingerprint density at radius 1 is 1.47 bits per heavy atom. The minimum atomic E-state index is -1.85. The SMILES string of the molecule is COc1cc(C=O)ccc1C(C)(O)N=O.CS. The van der Waals surface area contributed by atoms with Crippen molar-refractivity contribution >= 4 is 18.9 Å². The number of rotatable bonds is 4. The lowest BCUT2D eigenvalue weighted by Gasteiger charge is -2.17. The summed E-state index contributed by atoms with van der Waals surface area (Å²) in [6.07, 6.45) is 2.34. The fourth-order valence-electron chi connectivity index (χ4n) is 1.22. The molecule has 94 valence electrons. The van der Waals surface area contributed by atoms with Gasteiger partial charge in [0.2, 0.25) is 5.72 Å². The zero-order chi connectivity index (χ0) is 13.5. The summed E-state index contributed by atoms with van der Waals surface area (Å²) in [5.74, 6) is 0.254. The second-order valence-corrected chi connectivity index (χ2v) is 3.19. The number of aliphatic hydroxyl groups is 1. The van der Waals surface area contributed by atoms with Crippen LogP contribution in [-0.2, 0) is 5.72 Å². The molecule has 0 aliphatic heterocycles. The van der Waals surface area contributed by atoms with E-state index >= 15 is 0 Å². The second-order valence-electron chi connectivity index (χ2n) is 3.19. The summed E-state index contributed by atoms with van der Waals surface area (Å²) in [6.45, 7) is 1.25. The van der Waals surface area contributed by atoms with Gasteiger partial charge < -0.3 is 9.84 Å². The number of ether oxygens (including phenoxy) is 1. The average molecular weight is 257 g/mol. The molecule has 0 bridgehead atoms. The first-order valence-corrected chi connectivity index (χ1v) is 5.60. The third-order valence-electron chi connectivity index (χ3n) is 2.05. The van der Waals surface area contributed by atoms with Gasteiger partial charge in [0, 0.05) is 5.56 Å². The largest absolute Gasteiger partial charge is 0.496 e. The molecule has 0 saturated carbocycles. The Labute approximate surface area is 105 Å². The van der Waals surface area contributed by atoms with E-state index in [4.69, 9.17) is 4.74 Å². The fraction of sp³-hybridized carbons (Fsp3) is 0.364. The molecule has 6 heteroatoms. The van der Waals surface area contributed by atoms with Crippen molar-refractivity contribution in [3.05, 3.63) is 34.2 Å². The van der Waals surface area contributed by atoms with Crippen LogP contribution in [0.3, 0.4) is 0 Å². The molecule has 0 aliphatic carbocycles. The Morgan fingerprint density at radius 3 is 2.47 bits per heavy atom. The van der Waals surface area contributed by atoms with Crippen LogP contribution < -0.4 is 4.74 Å². The highest BCUT2D eigenvalue weighted by molar-refractivity contribution is 7.79. The van der Waals surface area contributed by atoms with Crippen LogP contribution in [-0.4, -0.2) is 24.8 Å². The summed E-state index contributed by atoms with van der Waals surface area (Å²) in [7, 11) is 1.38. The van der Waals surface area contributed by atoms with Crippen molar-refractivity contribution < 1.29 is 14.6 Å². The molecule has 17 heavy (non-hydrogen) atoms. The molecule has 0 heterocycles. The van der Waals surface area contributed by atoms with Crippen LogP contribution in [0.1, 0.15) is 22.8 Å². The van der Waals surface area contributed by atoms with Crippen LogP contribution in [0.25, 0.3) is 0 Å². The summed E-state index contributed by atoms with van der Waals surface area (Å²) < 4.78 is 4.96. The summed E-state index contributed by atoms with van der Waals surface area (Å²) in [5, 5.41) is 12.2. The van der Waals surface area contributed by atoms with Gasteiger partial charge in [-0.15, -0.1) is 4.91 Å². The average Bonchev–Trinajstić information content (AvgIpc) is 2.40. The maximum atomic E-state index is 10.5. The Bertz CT molecular complexity index is 393. The number of aldehydes is 1. The third-order valence-corrected chi connectivity index (χ3v) is 2.05. The molecule has 0 spiro atoms. The number of nitrogens with zero attached hydrogens (tertiary/aromatic N) is 1. The summed E-state index contributed by atoms with van der Waals surface area (Å²) >= 11 is 3.53. The highest BCUT2D eigenvalue weighted by Gasteiger charge is 2.27. The van der Waals surface area contributed by atoms with E-state index in [1.807, 2.05) is 0 Å². The van der Waals surface area contributed by atoms with E-state index in [1.165, 1.54) is 32.2 Å². The predicted molar refractivity (Wildman–Crippen MR) is 68.7 cm³/mol. The molecule has 0 amide bonds. The molecular weight excluding hydrogens is 242 g/mol. The van der Waals surface area contributed by atoms with Crippen molar-refractivity contribution in [2.75, 3.05) is 13.4 Å². The Hall–Kier alpha value is -1.40. The highest BCUT2D eigenvalue weighted by Crippen LogP contribution is 2.31. The molecule has 0 saturated heterocycles. The van der Waals surface area contributed by atoms with E-state index in [9.17, 15) is 14.8 Å². The van der Waals surface area contributed by atoms with Crippen LogP contribution >= 0.6 is 12.6 Å². The van der Waals surface area contributed by atoms with E-state index < -0.39 is 5.72 Å². The zero-order valence-corrected chi connectivity index (χ0v) is 10.8. The van der Waals surface area contributed by atoms with Gasteiger partial charge in [0.25, 0.3) is 0 Å². The van der Waals surface area contributed by atoms with Crippen molar-refractivity contribution in [3.8, 4) is 5.75 Å². The number of thiol groups is 1. The lowest BCUT2D eigenvalue weighted by Crippen LogP contribution is -2.18. The second kappa shape index (κ2) is 7.03. The molecule has 0 aromatic heterocycles. The van der Waals surface area contributed by atoms with E-state index in [2.05, 4.69) is 17.8 Å². The summed E-state index contributed by atoms with van der Waals surface area (Å²) in [6, 6.07) is 4.34. The summed E-state index contributed by atoms with van der Waals surface area (Å²) in [5.41, 5.74) is -1.23. The lowest BCUT2D eigenvalue weighted by molar-refractivity contribution is 0.0627. The minimum absolute atomic E-state index is 0.227. The molecule has 5 nitrogen and oxygen atoms in total. The maximum Gasteiger partial charge on any atom is 0.224 e. The molecule has 1 aromatic carbocycles. The Morgan fingerprint density at radius 2 is 2.06 bits per heavy atom. The summed E-state index contributed by atoms with van der Waals surface area (Å²) in [4.78, 5) is 20.9. The smallest absolute Gasteiger partial charge is 0.224 e. The van der Waals surface area contributed by atoms with Crippen LogP contribution in [0.4, 0.5) is 0 Å². The van der Waals surface area contributed by atoms with E-state index in [0.717, 1.165) is 0 Å². The standard InChI is InChI=1S/C10H11NO4.CH4S/c1-10(13,11-14)8-4-3-7(6-12)5-9(8)15-2;1-2/h3-6,13H,1-2H3;2H,1H3. The molecule has 1 rings (SSSR count). The molecule has 0 aliphatic rings. The first kappa shape index (κ1) is 15.6. The van der Waals surface area contributed by atoms with Crippen LogP contribution in [0.2, 0.25) is 0 Å². The molecule has 1 atom stereocenters. The first-order chi connectivity index (χ1) is 8.05. The van der Waals surface area contributed by atoms with Crippen LogP contribution in [0.5, 0.6) is 5.75 Å². The number of hydrogen-bond donors (Lipinski definition) is 2.